The molecule has 0 heterocycles. The van der Waals surface area contributed by atoms with Crippen LogP contribution in [0.25, 0.3) is 0 Å². The lowest BCUT2D eigenvalue weighted by molar-refractivity contribution is -0.111. The zero-order valence-electron chi connectivity index (χ0n) is 13.8. The zero-order chi connectivity index (χ0) is 15.5. The minimum Gasteiger partial charge on any atom is -0.396 e. The molecule has 0 spiro atoms. The van der Waals surface area contributed by atoms with E-state index in [0.717, 1.165) is 18.3 Å². The summed E-state index contributed by atoms with van der Waals surface area (Å²) in [5.41, 5.74) is 1.93. The fraction of sp³-hybridized carbons (Fsp3) is 0.750. The van der Waals surface area contributed by atoms with Crippen LogP contribution in [0.15, 0.2) is 23.8 Å². The van der Waals surface area contributed by atoms with Crippen molar-refractivity contribution in [3.63, 3.8) is 0 Å². The van der Waals surface area contributed by atoms with Gasteiger partial charge in [-0.1, -0.05) is 25.5 Å². The maximum Gasteiger partial charge on any atom is 0.178 e. The van der Waals surface area contributed by atoms with Gasteiger partial charge in [-0.3, -0.25) is 4.79 Å². The first-order valence-electron chi connectivity index (χ1n) is 9.01. The molecular formula is C20H28O2. The van der Waals surface area contributed by atoms with E-state index in [1.165, 1.54) is 37.7 Å². The Balaban J connectivity index is 1.67. The third-order valence-corrected chi connectivity index (χ3v) is 7.68. The molecule has 1 N–H and O–H groups in total. The molecule has 0 aromatic carbocycles. The van der Waals surface area contributed by atoms with Crippen molar-refractivity contribution in [1.82, 2.24) is 0 Å². The number of rotatable bonds is 1. The summed E-state index contributed by atoms with van der Waals surface area (Å²) in [6.45, 7) is 5.19. The Bertz CT molecular complexity index is 560. The van der Waals surface area contributed by atoms with Crippen LogP contribution in [0.5, 0.6) is 0 Å². The summed E-state index contributed by atoms with van der Waals surface area (Å²) < 4.78 is 0. The maximum absolute atomic E-state index is 11.7. The van der Waals surface area contributed by atoms with Crippen LogP contribution in [0.4, 0.5) is 0 Å². The van der Waals surface area contributed by atoms with Crippen molar-refractivity contribution in [2.45, 2.75) is 52.4 Å². The molecule has 3 saturated carbocycles. The Morgan fingerprint density at radius 3 is 2.86 bits per heavy atom. The summed E-state index contributed by atoms with van der Waals surface area (Å²) in [6.07, 6.45) is 13.2. The number of ketones is 1. The fourth-order valence-corrected chi connectivity index (χ4v) is 6.55. The fourth-order valence-electron chi connectivity index (χ4n) is 6.55. The van der Waals surface area contributed by atoms with Crippen molar-refractivity contribution in [3.8, 4) is 0 Å². The van der Waals surface area contributed by atoms with Crippen molar-refractivity contribution >= 4 is 5.78 Å². The molecular weight excluding hydrogens is 272 g/mol. The molecule has 3 fully saturated rings. The summed E-state index contributed by atoms with van der Waals surface area (Å²) in [6, 6.07) is 0. The smallest absolute Gasteiger partial charge is 0.178 e. The van der Waals surface area contributed by atoms with Gasteiger partial charge >= 0.3 is 0 Å². The highest BCUT2D eigenvalue weighted by Crippen LogP contribution is 2.65. The SMILES string of the molecule is C[C@]12CC[C@H]3[C@@H](CCC4=CC(=O)C=C[C@@]43C)[C@@H]1C[C@@H](CO)C2. The third kappa shape index (κ3) is 1.92. The van der Waals surface area contributed by atoms with Gasteiger partial charge in [-0.05, 0) is 79.8 Å². The predicted molar refractivity (Wildman–Crippen MR) is 87.2 cm³/mol. The van der Waals surface area contributed by atoms with Gasteiger partial charge in [0.25, 0.3) is 0 Å². The van der Waals surface area contributed by atoms with Gasteiger partial charge in [0.2, 0.25) is 0 Å². The van der Waals surface area contributed by atoms with E-state index in [1.807, 2.05) is 6.08 Å². The molecule has 2 nitrogen and oxygen atoms in total. The molecule has 0 saturated heterocycles. The molecule has 22 heavy (non-hydrogen) atoms. The van der Waals surface area contributed by atoms with Crippen LogP contribution in [-0.2, 0) is 4.79 Å². The number of hydrogen-bond acceptors (Lipinski definition) is 2. The first-order valence-corrected chi connectivity index (χ1v) is 9.01. The molecule has 4 rings (SSSR count). The molecule has 0 aromatic rings. The minimum absolute atomic E-state index is 0.107. The zero-order valence-corrected chi connectivity index (χ0v) is 13.8. The normalized spacial score (nSPS) is 50.1. The van der Waals surface area contributed by atoms with Crippen LogP contribution >= 0.6 is 0 Å². The molecule has 2 heteroatoms. The van der Waals surface area contributed by atoms with Gasteiger partial charge in [-0.2, -0.15) is 0 Å². The lowest BCUT2D eigenvalue weighted by atomic mass is 9.48. The second-order valence-corrected chi connectivity index (χ2v) is 8.78. The monoisotopic (exact) mass is 300 g/mol. The Hall–Kier alpha value is -0.890. The first kappa shape index (κ1) is 14.7. The van der Waals surface area contributed by atoms with E-state index < -0.39 is 0 Å². The van der Waals surface area contributed by atoms with Crippen LogP contribution in [-0.4, -0.2) is 17.5 Å². The molecule has 0 aliphatic heterocycles. The molecule has 6 atom stereocenters. The number of hydrogen-bond donors (Lipinski definition) is 1. The number of fused-ring (bicyclic) bond motifs is 5. The Morgan fingerprint density at radius 2 is 2.09 bits per heavy atom. The minimum atomic E-state index is 0.107. The predicted octanol–water partition coefficient (Wildman–Crippen LogP) is 3.90. The number of carbonyl (C=O) groups excluding carboxylic acids is 1. The lowest BCUT2D eigenvalue weighted by Crippen LogP contribution is -2.48. The van der Waals surface area contributed by atoms with E-state index >= 15 is 0 Å². The highest BCUT2D eigenvalue weighted by Gasteiger charge is 2.57. The first-order chi connectivity index (χ1) is 10.5. The van der Waals surface area contributed by atoms with E-state index in [-0.39, 0.29) is 11.2 Å². The van der Waals surface area contributed by atoms with Crippen molar-refractivity contribution in [3.05, 3.63) is 23.8 Å². The summed E-state index contributed by atoms with van der Waals surface area (Å²) in [7, 11) is 0. The molecule has 4 aliphatic carbocycles. The van der Waals surface area contributed by atoms with Gasteiger partial charge in [-0.15, -0.1) is 0 Å². The summed E-state index contributed by atoms with van der Waals surface area (Å²) in [4.78, 5) is 11.7. The molecule has 4 aliphatic rings. The number of carbonyl (C=O) groups is 1. The van der Waals surface area contributed by atoms with E-state index in [2.05, 4.69) is 19.9 Å². The van der Waals surface area contributed by atoms with E-state index in [1.54, 1.807) is 6.08 Å². The molecule has 120 valence electrons. The van der Waals surface area contributed by atoms with Gasteiger partial charge in [0.05, 0.1) is 0 Å². The Morgan fingerprint density at radius 1 is 1.27 bits per heavy atom. The second-order valence-electron chi connectivity index (χ2n) is 8.78. The number of allylic oxidation sites excluding steroid dienone is 4. The van der Waals surface area contributed by atoms with Crippen molar-refractivity contribution in [2.24, 2.45) is 34.5 Å². The van der Waals surface area contributed by atoms with Gasteiger partial charge in [0.1, 0.15) is 0 Å². The maximum atomic E-state index is 11.7. The Kier molecular flexibility index (Phi) is 3.21. The second kappa shape index (κ2) is 4.80. The average Bonchev–Trinajstić information content (AvgIpc) is 2.85. The topological polar surface area (TPSA) is 37.3 Å². The highest BCUT2D eigenvalue weighted by molar-refractivity contribution is 6.01. The lowest BCUT2D eigenvalue weighted by Gasteiger charge is -2.56. The quantitative estimate of drug-likeness (QED) is 0.797. The summed E-state index contributed by atoms with van der Waals surface area (Å²) >= 11 is 0. The highest BCUT2D eigenvalue weighted by atomic mass is 16.3. The molecule has 0 amide bonds. The molecule has 0 unspecified atom stereocenters. The van der Waals surface area contributed by atoms with Crippen molar-refractivity contribution < 1.29 is 9.90 Å². The van der Waals surface area contributed by atoms with Crippen LogP contribution in [0.3, 0.4) is 0 Å². The molecule has 0 aromatic heterocycles. The van der Waals surface area contributed by atoms with Gasteiger partial charge < -0.3 is 5.11 Å². The van der Waals surface area contributed by atoms with Crippen LogP contribution < -0.4 is 0 Å². The number of aliphatic hydroxyl groups excluding tert-OH is 1. The van der Waals surface area contributed by atoms with E-state index in [0.29, 0.717) is 23.9 Å². The number of aliphatic hydroxyl groups is 1. The molecule has 0 bridgehead atoms. The van der Waals surface area contributed by atoms with E-state index in [9.17, 15) is 9.90 Å². The van der Waals surface area contributed by atoms with Gasteiger partial charge in [0.15, 0.2) is 5.78 Å². The van der Waals surface area contributed by atoms with Gasteiger partial charge in [0, 0.05) is 12.0 Å². The summed E-state index contributed by atoms with van der Waals surface area (Å²) in [5, 5.41) is 9.63. The van der Waals surface area contributed by atoms with Crippen LogP contribution in [0.2, 0.25) is 0 Å². The van der Waals surface area contributed by atoms with Gasteiger partial charge in [-0.25, -0.2) is 0 Å². The summed E-state index contributed by atoms with van der Waals surface area (Å²) in [5.74, 6) is 2.92. The molecule has 0 radical (unpaired) electrons. The Labute approximate surface area is 133 Å². The van der Waals surface area contributed by atoms with E-state index in [4.69, 9.17) is 0 Å². The third-order valence-electron chi connectivity index (χ3n) is 7.68. The van der Waals surface area contributed by atoms with Crippen LogP contribution in [0.1, 0.15) is 52.4 Å². The standard InChI is InChI=1S/C20H28O2/c1-19-7-6-17-16(18(19)9-13(11-19)12-21)4-3-14-10-15(22)5-8-20(14,17)2/h5,8,10,13,16-18,21H,3-4,6-7,9,11-12H2,1-2H3/t13-,16-,17+,18+,19-,20+/m1/s1. The van der Waals surface area contributed by atoms with Crippen molar-refractivity contribution in [2.75, 3.05) is 6.61 Å². The average molecular weight is 300 g/mol. The van der Waals surface area contributed by atoms with Crippen molar-refractivity contribution in [1.29, 1.82) is 0 Å². The van der Waals surface area contributed by atoms with Crippen LogP contribution in [0, 0.1) is 34.5 Å². The largest absolute Gasteiger partial charge is 0.396 e.